The SMILES string of the molecule is CCCCCCCCCCCCCCCC(=O)NN=Cc1ccccc1OCc1ccccc1. The molecule has 0 saturated carbocycles. The molecule has 0 spiro atoms. The van der Waals surface area contributed by atoms with Gasteiger partial charge in [0.2, 0.25) is 5.91 Å². The highest BCUT2D eigenvalue weighted by Gasteiger charge is 2.03. The van der Waals surface area contributed by atoms with Crippen LogP contribution >= 0.6 is 0 Å². The second kappa shape index (κ2) is 18.8. The van der Waals surface area contributed by atoms with E-state index in [-0.39, 0.29) is 5.91 Å². The summed E-state index contributed by atoms with van der Waals surface area (Å²) < 4.78 is 5.93. The van der Waals surface area contributed by atoms with E-state index >= 15 is 0 Å². The van der Waals surface area contributed by atoms with Gasteiger partial charge in [0.15, 0.2) is 0 Å². The van der Waals surface area contributed by atoms with Crippen molar-refractivity contribution in [2.24, 2.45) is 5.10 Å². The van der Waals surface area contributed by atoms with Gasteiger partial charge >= 0.3 is 0 Å². The van der Waals surface area contributed by atoms with Crippen LogP contribution in [0.5, 0.6) is 5.75 Å². The maximum atomic E-state index is 12.1. The predicted octanol–water partition coefficient (Wildman–Crippen LogP) is 8.20. The molecule has 34 heavy (non-hydrogen) atoms. The molecule has 0 aliphatic heterocycles. The summed E-state index contributed by atoms with van der Waals surface area (Å²) in [7, 11) is 0. The molecule has 2 rings (SSSR count). The van der Waals surface area contributed by atoms with Crippen molar-refractivity contribution in [3.05, 3.63) is 65.7 Å². The van der Waals surface area contributed by atoms with E-state index in [1.807, 2.05) is 54.6 Å². The molecule has 0 fully saturated rings. The summed E-state index contributed by atoms with van der Waals surface area (Å²) in [6.07, 6.45) is 19.1. The number of para-hydroxylation sites is 1. The molecule has 4 nitrogen and oxygen atoms in total. The fourth-order valence-corrected chi connectivity index (χ4v) is 3.99. The zero-order valence-corrected chi connectivity index (χ0v) is 21.1. The molecule has 0 aliphatic rings. The minimum Gasteiger partial charge on any atom is -0.488 e. The van der Waals surface area contributed by atoms with Crippen LogP contribution in [0.4, 0.5) is 0 Å². The van der Waals surface area contributed by atoms with Crippen LogP contribution in [0.3, 0.4) is 0 Å². The Bertz CT molecular complexity index is 804. The molecular formula is C30H44N2O2. The first kappa shape index (κ1) is 27.6. The Morgan fingerprint density at radius 1 is 0.765 bits per heavy atom. The number of hydrogen-bond donors (Lipinski definition) is 1. The number of hydrogen-bond acceptors (Lipinski definition) is 3. The van der Waals surface area contributed by atoms with E-state index in [1.54, 1.807) is 6.21 Å². The van der Waals surface area contributed by atoms with Gasteiger partial charge in [-0.1, -0.05) is 126 Å². The largest absolute Gasteiger partial charge is 0.488 e. The van der Waals surface area contributed by atoms with Crippen LogP contribution in [0.2, 0.25) is 0 Å². The van der Waals surface area contributed by atoms with Crippen LogP contribution in [-0.4, -0.2) is 12.1 Å². The average Bonchev–Trinajstić information content (AvgIpc) is 2.87. The first-order valence-electron chi connectivity index (χ1n) is 13.4. The molecule has 0 radical (unpaired) electrons. The Hall–Kier alpha value is -2.62. The number of ether oxygens (including phenoxy) is 1. The molecule has 0 aliphatic carbocycles. The topological polar surface area (TPSA) is 50.7 Å². The van der Waals surface area contributed by atoms with Crippen LogP contribution in [0.1, 0.15) is 108 Å². The van der Waals surface area contributed by atoms with E-state index in [0.717, 1.165) is 29.7 Å². The van der Waals surface area contributed by atoms with Gasteiger partial charge < -0.3 is 4.74 Å². The van der Waals surface area contributed by atoms with Gasteiger partial charge in [-0.2, -0.15) is 5.10 Å². The van der Waals surface area contributed by atoms with Gasteiger partial charge in [0.25, 0.3) is 0 Å². The highest BCUT2D eigenvalue weighted by molar-refractivity contribution is 5.85. The highest BCUT2D eigenvalue weighted by atomic mass is 16.5. The minimum absolute atomic E-state index is 0.0259. The first-order chi connectivity index (χ1) is 16.8. The van der Waals surface area contributed by atoms with Gasteiger partial charge in [0, 0.05) is 12.0 Å². The van der Waals surface area contributed by atoms with Crippen molar-refractivity contribution in [2.45, 2.75) is 103 Å². The summed E-state index contributed by atoms with van der Waals surface area (Å²) in [6.45, 7) is 2.77. The second-order valence-electron chi connectivity index (χ2n) is 9.10. The molecular weight excluding hydrogens is 420 g/mol. The van der Waals surface area contributed by atoms with E-state index in [1.165, 1.54) is 70.6 Å². The molecule has 2 aromatic rings. The fourth-order valence-electron chi connectivity index (χ4n) is 3.99. The number of amides is 1. The van der Waals surface area contributed by atoms with Crippen molar-refractivity contribution in [3.63, 3.8) is 0 Å². The third kappa shape index (κ3) is 13.2. The van der Waals surface area contributed by atoms with Crippen molar-refractivity contribution in [3.8, 4) is 5.75 Å². The van der Waals surface area contributed by atoms with Crippen molar-refractivity contribution < 1.29 is 9.53 Å². The Kier molecular flexibility index (Phi) is 15.2. The lowest BCUT2D eigenvalue weighted by molar-refractivity contribution is -0.121. The maximum absolute atomic E-state index is 12.1. The quantitative estimate of drug-likeness (QED) is 0.129. The molecule has 0 unspecified atom stereocenters. The Balaban J connectivity index is 1.51. The predicted molar refractivity (Wildman–Crippen MR) is 143 cm³/mol. The van der Waals surface area contributed by atoms with Crippen LogP contribution in [-0.2, 0) is 11.4 Å². The molecule has 1 amide bonds. The summed E-state index contributed by atoms with van der Waals surface area (Å²) in [5.74, 6) is 0.725. The smallest absolute Gasteiger partial charge is 0.240 e. The van der Waals surface area contributed by atoms with E-state index in [9.17, 15) is 4.79 Å². The zero-order chi connectivity index (χ0) is 24.1. The minimum atomic E-state index is -0.0259. The second-order valence-corrected chi connectivity index (χ2v) is 9.10. The number of nitrogens with zero attached hydrogens (tertiary/aromatic N) is 1. The Morgan fingerprint density at radius 2 is 1.32 bits per heavy atom. The van der Waals surface area contributed by atoms with Crippen molar-refractivity contribution >= 4 is 12.1 Å². The summed E-state index contributed by atoms with van der Waals surface area (Å²) >= 11 is 0. The van der Waals surface area contributed by atoms with Crippen LogP contribution in [0, 0.1) is 0 Å². The number of unbranched alkanes of at least 4 members (excludes halogenated alkanes) is 12. The van der Waals surface area contributed by atoms with Crippen molar-refractivity contribution in [2.75, 3.05) is 0 Å². The molecule has 186 valence electrons. The van der Waals surface area contributed by atoms with Gasteiger partial charge in [-0.15, -0.1) is 0 Å². The molecule has 2 aromatic carbocycles. The average molecular weight is 465 g/mol. The van der Waals surface area contributed by atoms with Crippen LogP contribution in [0.25, 0.3) is 0 Å². The maximum Gasteiger partial charge on any atom is 0.240 e. The lowest BCUT2D eigenvalue weighted by Gasteiger charge is -2.09. The van der Waals surface area contributed by atoms with Gasteiger partial charge in [-0.05, 0) is 24.1 Å². The van der Waals surface area contributed by atoms with Gasteiger partial charge in [-0.25, -0.2) is 5.43 Å². The van der Waals surface area contributed by atoms with Gasteiger partial charge in [0.05, 0.1) is 6.21 Å². The van der Waals surface area contributed by atoms with E-state index < -0.39 is 0 Å². The monoisotopic (exact) mass is 464 g/mol. The molecule has 4 heteroatoms. The molecule has 0 heterocycles. The number of rotatable bonds is 19. The number of hydrazone groups is 1. The van der Waals surface area contributed by atoms with Gasteiger partial charge in [-0.3, -0.25) is 4.79 Å². The number of carbonyl (C=O) groups excluding carboxylic acids is 1. The normalized spacial score (nSPS) is 11.1. The van der Waals surface area contributed by atoms with Gasteiger partial charge in [0.1, 0.15) is 12.4 Å². The lowest BCUT2D eigenvalue weighted by Crippen LogP contribution is -2.17. The third-order valence-corrected chi connectivity index (χ3v) is 6.06. The van der Waals surface area contributed by atoms with Crippen molar-refractivity contribution in [1.29, 1.82) is 0 Å². The zero-order valence-electron chi connectivity index (χ0n) is 21.1. The fraction of sp³-hybridized carbons (Fsp3) is 0.533. The van der Waals surface area contributed by atoms with E-state index in [0.29, 0.717) is 13.0 Å². The first-order valence-corrected chi connectivity index (χ1v) is 13.4. The molecule has 0 bridgehead atoms. The Morgan fingerprint density at radius 3 is 1.97 bits per heavy atom. The molecule has 0 saturated heterocycles. The standard InChI is InChI=1S/C30H44N2O2/c1-2-3-4-5-6-7-8-9-10-11-12-13-17-24-30(33)32-31-25-28-22-18-19-23-29(28)34-26-27-20-15-14-16-21-27/h14-16,18-23,25H,2-13,17,24,26H2,1H3,(H,32,33). The summed E-state index contributed by atoms with van der Waals surface area (Å²) in [6, 6.07) is 17.8. The van der Waals surface area contributed by atoms with Crippen molar-refractivity contribution in [1.82, 2.24) is 5.43 Å². The van der Waals surface area contributed by atoms with E-state index in [4.69, 9.17) is 4.74 Å². The summed E-state index contributed by atoms with van der Waals surface area (Å²) in [4.78, 5) is 12.1. The molecule has 1 N–H and O–H groups in total. The lowest BCUT2D eigenvalue weighted by atomic mass is 10.0. The highest BCUT2D eigenvalue weighted by Crippen LogP contribution is 2.17. The Labute approximate surface area is 207 Å². The van der Waals surface area contributed by atoms with E-state index in [2.05, 4.69) is 17.5 Å². The summed E-state index contributed by atoms with van der Waals surface area (Å²) in [5, 5.41) is 4.13. The molecule has 0 atom stereocenters. The van der Waals surface area contributed by atoms with Crippen LogP contribution in [0.15, 0.2) is 59.7 Å². The number of carbonyl (C=O) groups is 1. The number of nitrogens with one attached hydrogen (secondary N) is 1. The summed E-state index contributed by atoms with van der Waals surface area (Å²) in [5.41, 5.74) is 4.61. The molecule has 0 aromatic heterocycles. The third-order valence-electron chi connectivity index (χ3n) is 6.06. The van der Waals surface area contributed by atoms with Crippen LogP contribution < -0.4 is 10.2 Å². The number of benzene rings is 2.